The number of nitrogens with zero attached hydrogens (tertiary/aromatic N) is 1. The molecule has 2 heterocycles. The minimum atomic E-state index is -0.139. The highest BCUT2D eigenvalue weighted by Gasteiger charge is 2.06. The first kappa shape index (κ1) is 15.9. The maximum Gasteiger partial charge on any atom is 0.268 e. The zero-order valence-corrected chi connectivity index (χ0v) is 14.5. The van der Waals surface area contributed by atoms with Crippen molar-refractivity contribution in [2.45, 2.75) is 0 Å². The lowest BCUT2D eigenvalue weighted by Gasteiger charge is -1.94. The normalized spacial score (nSPS) is 12.8. The molecule has 6 heteroatoms. The molecule has 0 radical (unpaired) electrons. The predicted molar refractivity (Wildman–Crippen MR) is 96.9 cm³/mol. The number of halogens is 1. The van der Waals surface area contributed by atoms with Crippen LogP contribution in [0.3, 0.4) is 0 Å². The largest absolute Gasteiger partial charge is 0.302 e. The van der Waals surface area contributed by atoms with Crippen LogP contribution in [0.5, 0.6) is 0 Å². The summed E-state index contributed by atoms with van der Waals surface area (Å²) in [5.74, 6) is -0.0962. The van der Waals surface area contributed by atoms with Gasteiger partial charge in [0.05, 0.1) is 9.41 Å². The molecular formula is C17H12ClNO2S2. The van der Waals surface area contributed by atoms with E-state index in [2.05, 4.69) is 0 Å². The Labute approximate surface area is 145 Å². The number of thiophene rings is 1. The Morgan fingerprint density at radius 3 is 2.70 bits per heavy atom. The van der Waals surface area contributed by atoms with Crippen molar-refractivity contribution < 1.29 is 4.79 Å². The second-order valence-corrected chi connectivity index (χ2v) is 7.24. The maximum atomic E-state index is 12.3. The molecule has 3 aromatic rings. The number of hydrogen-bond donors (Lipinski definition) is 0. The molecule has 0 saturated heterocycles. The van der Waals surface area contributed by atoms with Crippen LogP contribution in [-0.4, -0.2) is 10.4 Å². The van der Waals surface area contributed by atoms with Gasteiger partial charge in [-0.3, -0.25) is 9.59 Å². The van der Waals surface area contributed by atoms with Crippen LogP contribution < -0.4 is 14.8 Å². The van der Waals surface area contributed by atoms with E-state index in [-0.39, 0.29) is 11.3 Å². The fourth-order valence-electron chi connectivity index (χ4n) is 2.04. The smallest absolute Gasteiger partial charge is 0.268 e. The summed E-state index contributed by atoms with van der Waals surface area (Å²) < 4.78 is 2.65. The van der Waals surface area contributed by atoms with Crippen molar-refractivity contribution in [3.8, 4) is 0 Å². The molecule has 0 bridgehead atoms. The summed E-state index contributed by atoms with van der Waals surface area (Å²) in [4.78, 5) is 25.2. The third-order valence-corrected chi connectivity index (χ3v) is 5.61. The molecule has 0 amide bonds. The highest BCUT2D eigenvalue weighted by molar-refractivity contribution is 7.12. The molecule has 0 aliphatic rings. The fraction of sp³-hybridized carbons (Fsp3) is 0.0588. The summed E-state index contributed by atoms with van der Waals surface area (Å²) in [6, 6.07) is 10.9. The first-order chi connectivity index (χ1) is 11.1. The third-order valence-electron chi connectivity index (χ3n) is 3.27. The van der Waals surface area contributed by atoms with Gasteiger partial charge >= 0.3 is 0 Å². The standard InChI is InChI=1S/C17H12ClNO2S2/c1-19-16(10-13(20)14-7-4-8-22-14)23-15(17(19)21)9-11-5-2-3-6-12(11)18/h2-10H,1H3/b15-9+,16-10-. The van der Waals surface area contributed by atoms with Gasteiger partial charge < -0.3 is 4.57 Å². The average Bonchev–Trinajstić information content (AvgIpc) is 3.15. The van der Waals surface area contributed by atoms with Gasteiger partial charge in [0.2, 0.25) is 0 Å². The van der Waals surface area contributed by atoms with Gasteiger partial charge in [-0.05, 0) is 29.2 Å². The Morgan fingerprint density at radius 1 is 1.22 bits per heavy atom. The van der Waals surface area contributed by atoms with E-state index in [1.54, 1.807) is 25.3 Å². The van der Waals surface area contributed by atoms with Crippen molar-refractivity contribution in [1.82, 2.24) is 4.57 Å². The highest BCUT2D eigenvalue weighted by Crippen LogP contribution is 2.15. The van der Waals surface area contributed by atoms with E-state index in [1.807, 2.05) is 29.6 Å². The Hall–Kier alpha value is -1.95. The molecule has 0 fully saturated rings. The third kappa shape index (κ3) is 3.37. The summed E-state index contributed by atoms with van der Waals surface area (Å²) in [6.45, 7) is 0. The SMILES string of the molecule is Cn1c(=O)/c(=C\c2ccccc2Cl)s/c1=C\C(=O)c1cccs1. The van der Waals surface area contributed by atoms with Crippen LogP contribution in [-0.2, 0) is 7.05 Å². The van der Waals surface area contributed by atoms with Crippen LogP contribution >= 0.6 is 34.3 Å². The molecule has 0 unspecified atom stereocenters. The van der Waals surface area contributed by atoms with E-state index in [4.69, 9.17) is 11.6 Å². The minimum Gasteiger partial charge on any atom is -0.302 e. The lowest BCUT2D eigenvalue weighted by Crippen LogP contribution is -2.29. The molecule has 0 aliphatic carbocycles. The van der Waals surface area contributed by atoms with Gasteiger partial charge in [-0.25, -0.2) is 0 Å². The highest BCUT2D eigenvalue weighted by atomic mass is 35.5. The Bertz CT molecular complexity index is 1030. The minimum absolute atomic E-state index is 0.0962. The number of ketones is 1. The van der Waals surface area contributed by atoms with E-state index in [0.29, 0.717) is 19.1 Å². The van der Waals surface area contributed by atoms with Crippen molar-refractivity contribution in [1.29, 1.82) is 0 Å². The van der Waals surface area contributed by atoms with Crippen LogP contribution in [0.1, 0.15) is 15.2 Å². The van der Waals surface area contributed by atoms with Crippen molar-refractivity contribution in [3.05, 3.63) is 76.8 Å². The van der Waals surface area contributed by atoms with Crippen molar-refractivity contribution in [3.63, 3.8) is 0 Å². The second-order valence-electron chi connectivity index (χ2n) is 4.82. The number of hydrogen-bond acceptors (Lipinski definition) is 4. The predicted octanol–water partition coefficient (Wildman–Crippen LogP) is 2.65. The zero-order valence-electron chi connectivity index (χ0n) is 12.2. The van der Waals surface area contributed by atoms with Gasteiger partial charge in [-0.1, -0.05) is 35.9 Å². The summed E-state index contributed by atoms with van der Waals surface area (Å²) in [5, 5.41) is 2.44. The van der Waals surface area contributed by atoms with E-state index in [1.165, 1.54) is 33.3 Å². The Balaban J connectivity index is 2.11. The average molecular weight is 362 g/mol. The number of thiazole rings is 1. The molecule has 0 atom stereocenters. The molecule has 0 spiro atoms. The molecule has 3 rings (SSSR count). The topological polar surface area (TPSA) is 39.1 Å². The van der Waals surface area contributed by atoms with Crippen molar-refractivity contribution >= 4 is 52.2 Å². The van der Waals surface area contributed by atoms with E-state index < -0.39 is 0 Å². The zero-order chi connectivity index (χ0) is 16.4. The fourth-order valence-corrected chi connectivity index (χ4v) is 3.89. The van der Waals surface area contributed by atoms with Gasteiger partial charge in [0.25, 0.3) is 5.56 Å². The summed E-state index contributed by atoms with van der Waals surface area (Å²) in [5.41, 5.74) is 0.643. The number of Topliss-reactive ketones (excluding diaryl/α,β-unsaturated/α-hetero) is 1. The van der Waals surface area contributed by atoms with E-state index >= 15 is 0 Å². The van der Waals surface area contributed by atoms with Crippen LogP contribution in [0.15, 0.2) is 46.6 Å². The Kier molecular flexibility index (Phi) is 4.61. The van der Waals surface area contributed by atoms with E-state index in [0.717, 1.165) is 5.56 Å². The van der Waals surface area contributed by atoms with Gasteiger partial charge in [-0.2, -0.15) is 0 Å². The van der Waals surface area contributed by atoms with Crippen LogP contribution in [0, 0.1) is 0 Å². The van der Waals surface area contributed by atoms with Crippen LogP contribution in [0.4, 0.5) is 0 Å². The first-order valence-corrected chi connectivity index (χ1v) is 8.85. The monoisotopic (exact) mass is 361 g/mol. The van der Waals surface area contributed by atoms with Gasteiger partial charge in [-0.15, -0.1) is 22.7 Å². The molecule has 23 heavy (non-hydrogen) atoms. The van der Waals surface area contributed by atoms with Crippen molar-refractivity contribution in [2.75, 3.05) is 0 Å². The summed E-state index contributed by atoms with van der Waals surface area (Å²) in [7, 11) is 1.66. The number of aromatic nitrogens is 1. The quantitative estimate of drug-likeness (QED) is 0.673. The van der Waals surface area contributed by atoms with Gasteiger partial charge in [0.15, 0.2) is 5.78 Å². The van der Waals surface area contributed by atoms with Crippen molar-refractivity contribution in [2.24, 2.45) is 7.05 Å². The van der Waals surface area contributed by atoms with Crippen LogP contribution in [0.25, 0.3) is 12.2 Å². The Morgan fingerprint density at radius 2 is 2.00 bits per heavy atom. The molecule has 116 valence electrons. The van der Waals surface area contributed by atoms with Gasteiger partial charge in [0, 0.05) is 18.1 Å². The maximum absolute atomic E-state index is 12.3. The molecule has 2 aromatic heterocycles. The lowest BCUT2D eigenvalue weighted by molar-refractivity contribution is 0.106. The molecular weight excluding hydrogens is 350 g/mol. The summed E-state index contributed by atoms with van der Waals surface area (Å²) >= 11 is 8.79. The lowest BCUT2D eigenvalue weighted by atomic mass is 10.2. The molecule has 1 aromatic carbocycles. The molecule has 0 saturated carbocycles. The molecule has 0 aliphatic heterocycles. The number of rotatable bonds is 3. The number of carbonyl (C=O) groups is 1. The summed E-state index contributed by atoms with van der Waals surface area (Å²) in [6.07, 6.45) is 3.25. The van der Waals surface area contributed by atoms with Crippen LogP contribution in [0.2, 0.25) is 5.02 Å². The van der Waals surface area contributed by atoms with E-state index in [9.17, 15) is 9.59 Å². The second kappa shape index (κ2) is 6.66. The molecule has 0 N–H and O–H groups in total. The molecule has 3 nitrogen and oxygen atoms in total. The number of benzene rings is 1. The first-order valence-electron chi connectivity index (χ1n) is 6.78. The van der Waals surface area contributed by atoms with Gasteiger partial charge in [0.1, 0.15) is 4.66 Å². The number of carbonyl (C=O) groups excluding carboxylic acids is 1.